The molecule has 2 aromatic carbocycles. The summed E-state index contributed by atoms with van der Waals surface area (Å²) >= 11 is 11.7. The summed E-state index contributed by atoms with van der Waals surface area (Å²) in [7, 11) is 0. The van der Waals surface area contributed by atoms with Gasteiger partial charge in [0.05, 0.1) is 10.0 Å². The standard InChI is InChI=1S/C14H12Cl2FNO/c15-12-4-3-11(6-13(12)16)19-8-10-2-1-9(7-18)5-14(10)17/h1-6H,7-8,18H2. The van der Waals surface area contributed by atoms with E-state index in [-0.39, 0.29) is 12.4 Å². The Balaban J connectivity index is 2.07. The Hall–Kier alpha value is -1.29. The highest BCUT2D eigenvalue weighted by Gasteiger charge is 2.05. The SMILES string of the molecule is NCc1ccc(COc2ccc(Cl)c(Cl)c2)c(F)c1. The van der Waals surface area contributed by atoms with Gasteiger partial charge in [-0.3, -0.25) is 0 Å². The normalized spacial score (nSPS) is 10.5. The third kappa shape index (κ3) is 3.60. The summed E-state index contributed by atoms with van der Waals surface area (Å²) in [6, 6.07) is 9.75. The molecule has 0 spiro atoms. The molecule has 0 radical (unpaired) electrons. The number of halogens is 3. The highest BCUT2D eigenvalue weighted by atomic mass is 35.5. The second-order valence-electron chi connectivity index (χ2n) is 3.99. The van der Waals surface area contributed by atoms with Gasteiger partial charge in [0.1, 0.15) is 18.2 Å². The van der Waals surface area contributed by atoms with Crippen LogP contribution in [0.3, 0.4) is 0 Å². The van der Waals surface area contributed by atoms with Crippen molar-refractivity contribution in [3.63, 3.8) is 0 Å². The predicted molar refractivity (Wildman–Crippen MR) is 75.1 cm³/mol. The maximum absolute atomic E-state index is 13.7. The van der Waals surface area contributed by atoms with Crippen molar-refractivity contribution in [3.8, 4) is 5.75 Å². The van der Waals surface area contributed by atoms with Gasteiger partial charge in [-0.15, -0.1) is 0 Å². The van der Waals surface area contributed by atoms with E-state index in [1.807, 2.05) is 0 Å². The average molecular weight is 300 g/mol. The summed E-state index contributed by atoms with van der Waals surface area (Å²) in [6.07, 6.45) is 0. The fourth-order valence-corrected chi connectivity index (χ4v) is 1.85. The largest absolute Gasteiger partial charge is 0.489 e. The van der Waals surface area contributed by atoms with Crippen molar-refractivity contribution >= 4 is 23.2 Å². The topological polar surface area (TPSA) is 35.2 Å². The van der Waals surface area contributed by atoms with Crippen LogP contribution in [0.2, 0.25) is 10.0 Å². The molecule has 0 heterocycles. The van der Waals surface area contributed by atoms with E-state index in [0.717, 1.165) is 5.56 Å². The lowest BCUT2D eigenvalue weighted by atomic mass is 10.1. The van der Waals surface area contributed by atoms with Crippen LogP contribution in [0.25, 0.3) is 0 Å². The van der Waals surface area contributed by atoms with Crippen LogP contribution in [0.4, 0.5) is 4.39 Å². The van der Waals surface area contributed by atoms with Crippen molar-refractivity contribution in [2.75, 3.05) is 0 Å². The van der Waals surface area contributed by atoms with Crippen LogP contribution in [-0.2, 0) is 13.2 Å². The highest BCUT2D eigenvalue weighted by Crippen LogP contribution is 2.27. The monoisotopic (exact) mass is 299 g/mol. The van der Waals surface area contributed by atoms with Crippen LogP contribution >= 0.6 is 23.2 Å². The van der Waals surface area contributed by atoms with Crippen molar-refractivity contribution in [2.24, 2.45) is 5.73 Å². The molecular weight excluding hydrogens is 288 g/mol. The van der Waals surface area contributed by atoms with E-state index in [2.05, 4.69) is 0 Å². The van der Waals surface area contributed by atoms with Crippen molar-refractivity contribution in [1.82, 2.24) is 0 Å². The lowest BCUT2D eigenvalue weighted by molar-refractivity contribution is 0.300. The minimum Gasteiger partial charge on any atom is -0.489 e. The zero-order valence-electron chi connectivity index (χ0n) is 10.00. The third-order valence-electron chi connectivity index (χ3n) is 2.64. The smallest absolute Gasteiger partial charge is 0.130 e. The van der Waals surface area contributed by atoms with Crippen molar-refractivity contribution in [1.29, 1.82) is 0 Å². The zero-order chi connectivity index (χ0) is 13.8. The Kier molecular flexibility index (Phi) is 4.64. The molecule has 2 N–H and O–H groups in total. The average Bonchev–Trinajstić information content (AvgIpc) is 2.41. The van der Waals surface area contributed by atoms with Gasteiger partial charge in [0.25, 0.3) is 0 Å². The molecule has 0 fully saturated rings. The van der Waals surface area contributed by atoms with Crippen LogP contribution in [0.1, 0.15) is 11.1 Å². The van der Waals surface area contributed by atoms with Gasteiger partial charge in [-0.05, 0) is 23.8 Å². The molecule has 0 aliphatic heterocycles. The molecule has 0 amide bonds. The predicted octanol–water partition coefficient (Wildman–Crippen LogP) is 4.17. The maximum Gasteiger partial charge on any atom is 0.130 e. The number of hydrogen-bond donors (Lipinski definition) is 1. The molecule has 100 valence electrons. The van der Waals surface area contributed by atoms with E-state index in [9.17, 15) is 4.39 Å². The first-order chi connectivity index (χ1) is 9.10. The molecule has 5 heteroatoms. The number of rotatable bonds is 4. The summed E-state index contributed by atoms with van der Waals surface area (Å²) in [5.41, 5.74) is 6.65. The lowest BCUT2D eigenvalue weighted by Crippen LogP contribution is -2.02. The first kappa shape index (κ1) is 14.1. The second-order valence-corrected chi connectivity index (χ2v) is 4.81. The Bertz CT molecular complexity index is 590. The van der Waals surface area contributed by atoms with Crippen LogP contribution < -0.4 is 10.5 Å². The van der Waals surface area contributed by atoms with Crippen molar-refractivity contribution in [2.45, 2.75) is 13.2 Å². The number of nitrogens with two attached hydrogens (primary N) is 1. The van der Waals surface area contributed by atoms with Crippen LogP contribution in [0.15, 0.2) is 36.4 Å². The molecule has 0 atom stereocenters. The molecule has 0 aliphatic rings. The summed E-state index contributed by atoms with van der Waals surface area (Å²) in [6.45, 7) is 0.430. The fourth-order valence-electron chi connectivity index (χ4n) is 1.56. The van der Waals surface area contributed by atoms with Crippen LogP contribution in [0.5, 0.6) is 5.75 Å². The molecule has 19 heavy (non-hydrogen) atoms. The Morgan fingerprint density at radius 1 is 1.05 bits per heavy atom. The molecule has 0 aromatic heterocycles. The zero-order valence-corrected chi connectivity index (χ0v) is 11.5. The second kappa shape index (κ2) is 6.24. The first-order valence-electron chi connectivity index (χ1n) is 5.65. The molecular formula is C14H12Cl2FNO. The number of benzene rings is 2. The van der Waals surface area contributed by atoms with E-state index in [4.69, 9.17) is 33.7 Å². The highest BCUT2D eigenvalue weighted by molar-refractivity contribution is 6.42. The molecule has 2 rings (SSSR count). The third-order valence-corrected chi connectivity index (χ3v) is 3.38. The van der Waals surface area contributed by atoms with Gasteiger partial charge in [-0.2, -0.15) is 0 Å². The Morgan fingerprint density at radius 2 is 1.84 bits per heavy atom. The Morgan fingerprint density at radius 3 is 2.47 bits per heavy atom. The molecule has 0 saturated carbocycles. The summed E-state index contributed by atoms with van der Waals surface area (Å²) < 4.78 is 19.2. The Labute approximate surface area is 120 Å². The molecule has 0 saturated heterocycles. The molecule has 2 nitrogen and oxygen atoms in total. The van der Waals surface area contributed by atoms with E-state index < -0.39 is 0 Å². The summed E-state index contributed by atoms with van der Waals surface area (Å²) in [5, 5.41) is 0.852. The number of hydrogen-bond acceptors (Lipinski definition) is 2. The minimum atomic E-state index is -0.331. The summed E-state index contributed by atoms with van der Waals surface area (Å²) in [4.78, 5) is 0. The number of ether oxygens (including phenoxy) is 1. The minimum absolute atomic E-state index is 0.120. The quantitative estimate of drug-likeness (QED) is 0.919. The maximum atomic E-state index is 13.7. The first-order valence-corrected chi connectivity index (χ1v) is 6.41. The van der Waals surface area contributed by atoms with Gasteiger partial charge in [0, 0.05) is 18.2 Å². The molecule has 0 unspecified atom stereocenters. The van der Waals surface area contributed by atoms with Gasteiger partial charge >= 0.3 is 0 Å². The van der Waals surface area contributed by atoms with Crippen LogP contribution in [0, 0.1) is 5.82 Å². The van der Waals surface area contributed by atoms with Crippen molar-refractivity contribution < 1.29 is 9.13 Å². The molecule has 0 aliphatic carbocycles. The van der Waals surface area contributed by atoms with Gasteiger partial charge < -0.3 is 10.5 Å². The van der Waals surface area contributed by atoms with E-state index in [1.54, 1.807) is 30.3 Å². The van der Waals surface area contributed by atoms with Gasteiger partial charge in [0.2, 0.25) is 0 Å². The van der Waals surface area contributed by atoms with E-state index in [1.165, 1.54) is 6.07 Å². The van der Waals surface area contributed by atoms with Gasteiger partial charge in [0.15, 0.2) is 0 Å². The molecule has 0 bridgehead atoms. The fraction of sp³-hybridized carbons (Fsp3) is 0.143. The van der Waals surface area contributed by atoms with Gasteiger partial charge in [-0.25, -0.2) is 4.39 Å². The molecule has 2 aromatic rings. The lowest BCUT2D eigenvalue weighted by Gasteiger charge is -2.09. The van der Waals surface area contributed by atoms with E-state index >= 15 is 0 Å². The van der Waals surface area contributed by atoms with Crippen LogP contribution in [-0.4, -0.2) is 0 Å². The van der Waals surface area contributed by atoms with E-state index in [0.29, 0.717) is 27.9 Å². The van der Waals surface area contributed by atoms with Gasteiger partial charge in [-0.1, -0.05) is 35.3 Å². The van der Waals surface area contributed by atoms with Crippen molar-refractivity contribution in [3.05, 3.63) is 63.4 Å². The summed E-state index contributed by atoms with van der Waals surface area (Å²) in [5.74, 6) is 0.208.